The van der Waals surface area contributed by atoms with Crippen molar-refractivity contribution in [3.8, 4) is 28.5 Å². The summed E-state index contributed by atoms with van der Waals surface area (Å²) in [5.41, 5.74) is 2.68. The Bertz CT molecular complexity index is 1120. The van der Waals surface area contributed by atoms with Crippen molar-refractivity contribution >= 4 is 28.5 Å². The van der Waals surface area contributed by atoms with Gasteiger partial charge in [0.25, 0.3) is 0 Å². The van der Waals surface area contributed by atoms with Gasteiger partial charge in [-0.05, 0) is 74.2 Å². The van der Waals surface area contributed by atoms with Gasteiger partial charge in [0, 0.05) is 16.5 Å². The molecular weight excluding hydrogens is 448 g/mol. The summed E-state index contributed by atoms with van der Waals surface area (Å²) in [6.07, 6.45) is 4.20. The average Bonchev–Trinajstić information content (AvgIpc) is 3.18. The van der Waals surface area contributed by atoms with Crippen molar-refractivity contribution in [2.45, 2.75) is 34.1 Å². The second-order valence-corrected chi connectivity index (χ2v) is 9.35. The number of thiazole rings is 1. The summed E-state index contributed by atoms with van der Waals surface area (Å²) in [4.78, 5) is 18.1. The number of nitrogens with one attached hydrogen (secondary N) is 1. The molecule has 3 aromatic rings. The minimum absolute atomic E-state index is 0.247. The van der Waals surface area contributed by atoms with E-state index in [1.54, 1.807) is 13.2 Å². The molecule has 1 amide bonds. The maximum Gasteiger partial charge on any atom is 0.250 e. The first-order valence-corrected chi connectivity index (χ1v) is 12.2. The van der Waals surface area contributed by atoms with Crippen LogP contribution in [0.2, 0.25) is 0 Å². The Hall–Kier alpha value is -3.32. The Balaban J connectivity index is 1.63. The van der Waals surface area contributed by atoms with E-state index in [1.807, 2.05) is 56.3 Å². The Labute approximate surface area is 205 Å². The van der Waals surface area contributed by atoms with Crippen molar-refractivity contribution in [3.05, 3.63) is 59.0 Å². The zero-order chi connectivity index (χ0) is 24.5. The monoisotopic (exact) mass is 480 g/mol. The quantitative estimate of drug-likeness (QED) is 0.313. The van der Waals surface area contributed by atoms with Crippen LogP contribution in [-0.4, -0.2) is 31.2 Å². The molecule has 0 atom stereocenters. The molecule has 0 aliphatic rings. The number of amides is 1. The molecule has 0 fully saturated rings. The standard InChI is InChI=1S/C27H32N2O4S/c1-6-32-22-11-9-21(10-12-22)26-19(4)34-27(29-26)28-25(30)14-8-20-7-13-23(24(17-20)31-5)33-16-15-18(2)3/h7-14,17-18H,6,15-16H2,1-5H3,(H,28,29,30)/b14-8+. The maximum atomic E-state index is 12.5. The highest BCUT2D eigenvalue weighted by atomic mass is 32.1. The Morgan fingerprint density at radius 3 is 2.56 bits per heavy atom. The minimum Gasteiger partial charge on any atom is -0.494 e. The van der Waals surface area contributed by atoms with Crippen LogP contribution in [-0.2, 0) is 4.79 Å². The van der Waals surface area contributed by atoms with E-state index < -0.39 is 0 Å². The lowest BCUT2D eigenvalue weighted by Gasteiger charge is -2.12. The lowest BCUT2D eigenvalue weighted by atomic mass is 10.1. The number of carbonyl (C=O) groups is 1. The van der Waals surface area contributed by atoms with Gasteiger partial charge in [-0.25, -0.2) is 4.98 Å². The fraction of sp³-hybridized carbons (Fsp3) is 0.333. The van der Waals surface area contributed by atoms with E-state index in [0.717, 1.165) is 33.9 Å². The van der Waals surface area contributed by atoms with Crippen molar-refractivity contribution in [3.63, 3.8) is 0 Å². The first-order chi connectivity index (χ1) is 16.4. The summed E-state index contributed by atoms with van der Waals surface area (Å²) >= 11 is 1.45. The predicted octanol–water partition coefficient (Wildman–Crippen LogP) is 6.60. The van der Waals surface area contributed by atoms with E-state index in [-0.39, 0.29) is 5.91 Å². The van der Waals surface area contributed by atoms with E-state index in [2.05, 4.69) is 24.1 Å². The highest BCUT2D eigenvalue weighted by Crippen LogP contribution is 2.32. The van der Waals surface area contributed by atoms with E-state index >= 15 is 0 Å². The van der Waals surface area contributed by atoms with Crippen molar-refractivity contribution < 1.29 is 19.0 Å². The molecule has 0 bridgehead atoms. The molecule has 34 heavy (non-hydrogen) atoms. The molecule has 1 aromatic heterocycles. The fourth-order valence-electron chi connectivity index (χ4n) is 3.22. The summed E-state index contributed by atoms with van der Waals surface area (Å²) < 4.78 is 16.8. The second kappa shape index (κ2) is 12.2. The number of carbonyl (C=O) groups excluding carboxylic acids is 1. The maximum absolute atomic E-state index is 12.5. The van der Waals surface area contributed by atoms with Crippen LogP contribution in [0.15, 0.2) is 48.5 Å². The number of hydrogen-bond donors (Lipinski definition) is 1. The molecule has 0 spiro atoms. The number of rotatable bonds is 11. The van der Waals surface area contributed by atoms with E-state index in [1.165, 1.54) is 17.4 Å². The van der Waals surface area contributed by atoms with E-state index in [9.17, 15) is 4.79 Å². The predicted molar refractivity (Wildman–Crippen MR) is 139 cm³/mol. The minimum atomic E-state index is -0.247. The zero-order valence-corrected chi connectivity index (χ0v) is 21.2. The molecule has 0 saturated heterocycles. The van der Waals surface area contributed by atoms with Crippen LogP contribution in [0.5, 0.6) is 17.2 Å². The number of aromatic nitrogens is 1. The Kier molecular flexibility index (Phi) is 9.10. The van der Waals surface area contributed by atoms with E-state index in [4.69, 9.17) is 14.2 Å². The Morgan fingerprint density at radius 1 is 1.12 bits per heavy atom. The van der Waals surface area contributed by atoms with Crippen LogP contribution in [0.1, 0.15) is 37.6 Å². The van der Waals surface area contributed by atoms with Gasteiger partial charge < -0.3 is 14.2 Å². The number of aryl methyl sites for hydroxylation is 1. The molecule has 0 aliphatic carbocycles. The van der Waals surface area contributed by atoms with Gasteiger partial charge in [0.05, 0.1) is 26.0 Å². The molecule has 0 unspecified atom stereocenters. The SMILES string of the molecule is CCOc1ccc(-c2nc(NC(=O)/C=C/c3ccc(OCCC(C)C)c(OC)c3)sc2C)cc1. The topological polar surface area (TPSA) is 69.7 Å². The number of nitrogens with zero attached hydrogens (tertiary/aromatic N) is 1. The molecule has 0 aliphatic heterocycles. The third-order valence-electron chi connectivity index (χ3n) is 5.03. The van der Waals surface area contributed by atoms with Gasteiger partial charge in [-0.2, -0.15) is 0 Å². The van der Waals surface area contributed by atoms with Crippen molar-refractivity contribution in [2.75, 3.05) is 25.6 Å². The third-order valence-corrected chi connectivity index (χ3v) is 5.92. The van der Waals surface area contributed by atoms with Crippen molar-refractivity contribution in [1.82, 2.24) is 4.98 Å². The van der Waals surface area contributed by atoms with Gasteiger partial charge >= 0.3 is 0 Å². The number of anilines is 1. The lowest BCUT2D eigenvalue weighted by molar-refractivity contribution is -0.111. The molecule has 7 heteroatoms. The first-order valence-electron chi connectivity index (χ1n) is 11.4. The molecule has 0 saturated carbocycles. The van der Waals surface area contributed by atoms with Gasteiger partial charge in [0.1, 0.15) is 5.75 Å². The third kappa shape index (κ3) is 7.09. The molecule has 1 heterocycles. The van der Waals surface area contributed by atoms with Crippen LogP contribution in [0.3, 0.4) is 0 Å². The Morgan fingerprint density at radius 2 is 1.88 bits per heavy atom. The van der Waals surface area contributed by atoms with Gasteiger partial charge in [0.2, 0.25) is 5.91 Å². The van der Waals surface area contributed by atoms with Gasteiger partial charge in [-0.15, -0.1) is 11.3 Å². The number of ether oxygens (including phenoxy) is 3. The van der Waals surface area contributed by atoms with Crippen molar-refractivity contribution in [1.29, 1.82) is 0 Å². The van der Waals surface area contributed by atoms with Crippen LogP contribution in [0.4, 0.5) is 5.13 Å². The lowest BCUT2D eigenvalue weighted by Crippen LogP contribution is -2.07. The summed E-state index contributed by atoms with van der Waals surface area (Å²) in [6, 6.07) is 13.4. The zero-order valence-electron chi connectivity index (χ0n) is 20.4. The highest BCUT2D eigenvalue weighted by molar-refractivity contribution is 7.16. The van der Waals surface area contributed by atoms with E-state index in [0.29, 0.717) is 35.8 Å². The highest BCUT2D eigenvalue weighted by Gasteiger charge is 2.12. The second-order valence-electron chi connectivity index (χ2n) is 8.15. The smallest absolute Gasteiger partial charge is 0.250 e. The summed E-state index contributed by atoms with van der Waals surface area (Å²) in [5.74, 6) is 2.49. The van der Waals surface area contributed by atoms with Crippen LogP contribution < -0.4 is 19.5 Å². The summed E-state index contributed by atoms with van der Waals surface area (Å²) in [6.45, 7) is 9.53. The van der Waals surface area contributed by atoms with Crippen LogP contribution in [0.25, 0.3) is 17.3 Å². The average molecular weight is 481 g/mol. The number of hydrogen-bond acceptors (Lipinski definition) is 6. The van der Waals surface area contributed by atoms with Gasteiger partial charge in [-0.3, -0.25) is 10.1 Å². The molecular formula is C27H32N2O4S. The fourth-order valence-corrected chi connectivity index (χ4v) is 4.06. The first kappa shape index (κ1) is 25.3. The molecule has 0 radical (unpaired) electrons. The number of benzene rings is 2. The molecule has 6 nitrogen and oxygen atoms in total. The van der Waals surface area contributed by atoms with Crippen LogP contribution in [0, 0.1) is 12.8 Å². The van der Waals surface area contributed by atoms with Gasteiger partial charge in [-0.1, -0.05) is 19.9 Å². The summed E-state index contributed by atoms with van der Waals surface area (Å²) in [5, 5.41) is 3.41. The number of methoxy groups -OCH3 is 1. The normalized spacial score (nSPS) is 11.1. The molecule has 2 aromatic carbocycles. The van der Waals surface area contributed by atoms with Crippen LogP contribution >= 0.6 is 11.3 Å². The molecule has 3 rings (SSSR count). The van der Waals surface area contributed by atoms with Gasteiger partial charge in [0.15, 0.2) is 16.6 Å². The molecule has 1 N–H and O–H groups in total. The summed E-state index contributed by atoms with van der Waals surface area (Å²) in [7, 11) is 1.61. The largest absolute Gasteiger partial charge is 0.494 e. The molecule has 180 valence electrons. The van der Waals surface area contributed by atoms with Crippen molar-refractivity contribution in [2.24, 2.45) is 5.92 Å².